The van der Waals surface area contributed by atoms with Crippen LogP contribution >= 0.6 is 0 Å². The van der Waals surface area contributed by atoms with Crippen LogP contribution < -0.4 is 11.1 Å². The van der Waals surface area contributed by atoms with Crippen LogP contribution in [0.5, 0.6) is 0 Å². The second kappa shape index (κ2) is 6.48. The number of carbonyl (C=O) groups is 2. The minimum absolute atomic E-state index is 0.0437. The average Bonchev–Trinajstić information content (AvgIpc) is 2.29. The molecule has 0 aromatic carbocycles. The number of nitrogens with one attached hydrogen (secondary N) is 1. The third-order valence-corrected chi connectivity index (χ3v) is 3.02. The molecule has 5 heteroatoms. The number of likely N-dealkylation sites (tertiary alicyclic amines) is 1. The summed E-state index contributed by atoms with van der Waals surface area (Å²) in [5.74, 6) is -0.110. The molecule has 0 aliphatic carbocycles. The second-order valence-corrected chi connectivity index (χ2v) is 4.16. The zero-order valence-electron chi connectivity index (χ0n) is 9.87. The standard InChI is InChI=1S/C11H21N3O2/c1-2-13-6-3-10(15)14-7-4-9(5-8-14)11(12)16/h9,13H,2-8H2,1H3,(H2,12,16). The first-order valence-corrected chi connectivity index (χ1v) is 5.93. The summed E-state index contributed by atoms with van der Waals surface area (Å²) in [6, 6.07) is 0. The van der Waals surface area contributed by atoms with Gasteiger partial charge in [0.2, 0.25) is 11.8 Å². The molecule has 0 radical (unpaired) electrons. The van der Waals surface area contributed by atoms with Crippen molar-refractivity contribution in [3.05, 3.63) is 0 Å². The van der Waals surface area contributed by atoms with Gasteiger partial charge in [0.05, 0.1) is 0 Å². The average molecular weight is 227 g/mol. The molecule has 92 valence electrons. The SMILES string of the molecule is CCNCCC(=O)N1CCC(C(N)=O)CC1. The largest absolute Gasteiger partial charge is 0.369 e. The van der Waals surface area contributed by atoms with Crippen LogP contribution in [0.3, 0.4) is 0 Å². The number of amides is 2. The molecule has 1 rings (SSSR count). The van der Waals surface area contributed by atoms with Crippen molar-refractivity contribution in [3.63, 3.8) is 0 Å². The minimum Gasteiger partial charge on any atom is -0.369 e. The molecule has 0 atom stereocenters. The van der Waals surface area contributed by atoms with Gasteiger partial charge < -0.3 is 16.0 Å². The topological polar surface area (TPSA) is 75.4 Å². The van der Waals surface area contributed by atoms with Crippen molar-refractivity contribution in [1.29, 1.82) is 0 Å². The molecule has 5 nitrogen and oxygen atoms in total. The lowest BCUT2D eigenvalue weighted by molar-refractivity contribution is -0.134. The van der Waals surface area contributed by atoms with Crippen LogP contribution in [0, 0.1) is 5.92 Å². The summed E-state index contributed by atoms with van der Waals surface area (Å²) in [6.45, 7) is 4.96. The van der Waals surface area contributed by atoms with Gasteiger partial charge >= 0.3 is 0 Å². The highest BCUT2D eigenvalue weighted by atomic mass is 16.2. The fraction of sp³-hybridized carbons (Fsp3) is 0.818. The van der Waals surface area contributed by atoms with E-state index in [4.69, 9.17) is 5.73 Å². The van der Waals surface area contributed by atoms with Gasteiger partial charge in [-0.25, -0.2) is 0 Å². The van der Waals surface area contributed by atoms with Gasteiger partial charge in [-0.1, -0.05) is 6.92 Å². The molecule has 0 bridgehead atoms. The molecule has 0 spiro atoms. The molecule has 2 amide bonds. The van der Waals surface area contributed by atoms with E-state index in [9.17, 15) is 9.59 Å². The molecular formula is C11H21N3O2. The second-order valence-electron chi connectivity index (χ2n) is 4.16. The Kier molecular flexibility index (Phi) is 5.25. The highest BCUT2D eigenvalue weighted by Crippen LogP contribution is 2.16. The zero-order chi connectivity index (χ0) is 12.0. The zero-order valence-corrected chi connectivity index (χ0v) is 9.87. The third-order valence-electron chi connectivity index (χ3n) is 3.02. The van der Waals surface area contributed by atoms with Crippen LogP contribution in [0.4, 0.5) is 0 Å². The molecule has 1 aliphatic heterocycles. The maximum absolute atomic E-state index is 11.7. The van der Waals surface area contributed by atoms with Crippen molar-refractivity contribution < 1.29 is 9.59 Å². The van der Waals surface area contributed by atoms with Gasteiger partial charge in [-0.15, -0.1) is 0 Å². The molecule has 0 saturated carbocycles. The first-order chi connectivity index (χ1) is 7.65. The molecule has 1 saturated heterocycles. The molecule has 0 aromatic heterocycles. The number of carbonyl (C=O) groups excluding carboxylic acids is 2. The maximum Gasteiger partial charge on any atom is 0.223 e. The lowest BCUT2D eigenvalue weighted by Crippen LogP contribution is -2.42. The monoisotopic (exact) mass is 227 g/mol. The van der Waals surface area contributed by atoms with Crippen molar-refractivity contribution in [2.24, 2.45) is 11.7 Å². The highest BCUT2D eigenvalue weighted by Gasteiger charge is 2.25. The van der Waals surface area contributed by atoms with Crippen LogP contribution in [-0.4, -0.2) is 42.9 Å². The lowest BCUT2D eigenvalue weighted by Gasteiger charge is -2.30. The Labute approximate surface area is 96.4 Å². The van der Waals surface area contributed by atoms with Crippen LogP contribution in [0.2, 0.25) is 0 Å². The van der Waals surface area contributed by atoms with Crippen molar-refractivity contribution in [1.82, 2.24) is 10.2 Å². The lowest BCUT2D eigenvalue weighted by atomic mass is 9.96. The molecule has 0 unspecified atom stereocenters. The maximum atomic E-state index is 11.7. The third kappa shape index (κ3) is 3.81. The van der Waals surface area contributed by atoms with E-state index in [2.05, 4.69) is 5.32 Å². The number of piperidine rings is 1. The Hall–Kier alpha value is -1.10. The number of nitrogens with zero attached hydrogens (tertiary/aromatic N) is 1. The first-order valence-electron chi connectivity index (χ1n) is 5.93. The van der Waals surface area contributed by atoms with Crippen LogP contribution in [0.25, 0.3) is 0 Å². The van der Waals surface area contributed by atoms with Gasteiger partial charge in [-0.3, -0.25) is 9.59 Å². The van der Waals surface area contributed by atoms with Crippen molar-refractivity contribution in [3.8, 4) is 0 Å². The Morgan fingerprint density at radius 2 is 2.00 bits per heavy atom. The van der Waals surface area contributed by atoms with E-state index >= 15 is 0 Å². The minimum atomic E-state index is -0.236. The van der Waals surface area contributed by atoms with Gasteiger partial charge in [0, 0.05) is 32.0 Å². The summed E-state index contributed by atoms with van der Waals surface area (Å²) in [7, 11) is 0. The smallest absolute Gasteiger partial charge is 0.223 e. The first kappa shape index (κ1) is 13.0. The predicted molar refractivity (Wildman–Crippen MR) is 61.7 cm³/mol. The number of hydrogen-bond donors (Lipinski definition) is 2. The van der Waals surface area contributed by atoms with Crippen molar-refractivity contribution in [2.75, 3.05) is 26.2 Å². The number of nitrogens with two attached hydrogens (primary N) is 1. The van der Waals surface area contributed by atoms with E-state index in [0.29, 0.717) is 32.4 Å². The van der Waals surface area contributed by atoms with Gasteiger partial charge in [-0.2, -0.15) is 0 Å². The molecule has 1 fully saturated rings. The van der Waals surface area contributed by atoms with E-state index in [1.54, 1.807) is 0 Å². The number of hydrogen-bond acceptors (Lipinski definition) is 3. The summed E-state index contributed by atoms with van der Waals surface area (Å²) < 4.78 is 0. The van der Waals surface area contributed by atoms with Crippen molar-refractivity contribution >= 4 is 11.8 Å². The number of primary amides is 1. The molecule has 0 aromatic rings. The van der Waals surface area contributed by atoms with Gasteiger partial charge in [0.25, 0.3) is 0 Å². The summed E-state index contributed by atoms with van der Waals surface area (Å²) in [5.41, 5.74) is 5.23. The molecular weight excluding hydrogens is 206 g/mol. The summed E-state index contributed by atoms with van der Waals surface area (Å²) >= 11 is 0. The van der Waals surface area contributed by atoms with Gasteiger partial charge in [0.1, 0.15) is 0 Å². The van der Waals surface area contributed by atoms with E-state index in [-0.39, 0.29) is 17.7 Å². The molecule has 3 N–H and O–H groups in total. The van der Waals surface area contributed by atoms with Crippen molar-refractivity contribution in [2.45, 2.75) is 26.2 Å². The quantitative estimate of drug-likeness (QED) is 0.634. The Morgan fingerprint density at radius 3 is 2.50 bits per heavy atom. The predicted octanol–water partition coefficient (Wildman–Crippen LogP) is -0.290. The fourth-order valence-electron chi connectivity index (χ4n) is 1.94. The highest BCUT2D eigenvalue weighted by molar-refractivity contribution is 5.78. The van der Waals surface area contributed by atoms with E-state index in [1.165, 1.54) is 0 Å². The van der Waals surface area contributed by atoms with Crippen LogP contribution in [0.1, 0.15) is 26.2 Å². The normalized spacial score (nSPS) is 17.4. The summed E-state index contributed by atoms with van der Waals surface area (Å²) in [4.78, 5) is 24.5. The van der Waals surface area contributed by atoms with Gasteiger partial charge in [0.15, 0.2) is 0 Å². The molecule has 1 aliphatic rings. The summed E-state index contributed by atoms with van der Waals surface area (Å²) in [6.07, 6.45) is 1.96. The Balaban J connectivity index is 2.25. The van der Waals surface area contributed by atoms with E-state index in [0.717, 1.165) is 13.1 Å². The van der Waals surface area contributed by atoms with E-state index in [1.807, 2.05) is 11.8 Å². The van der Waals surface area contributed by atoms with Gasteiger partial charge in [-0.05, 0) is 19.4 Å². The van der Waals surface area contributed by atoms with Crippen LogP contribution in [-0.2, 0) is 9.59 Å². The Morgan fingerprint density at radius 1 is 1.38 bits per heavy atom. The Bertz CT molecular complexity index is 248. The molecule has 1 heterocycles. The van der Waals surface area contributed by atoms with Crippen LogP contribution in [0.15, 0.2) is 0 Å². The van der Waals surface area contributed by atoms with E-state index < -0.39 is 0 Å². The summed E-state index contributed by atoms with van der Waals surface area (Å²) in [5, 5.41) is 3.12. The molecule has 16 heavy (non-hydrogen) atoms. The fourth-order valence-corrected chi connectivity index (χ4v) is 1.94. The number of rotatable bonds is 5.